The van der Waals surface area contributed by atoms with Crippen molar-refractivity contribution in [3.05, 3.63) is 35.2 Å². The van der Waals surface area contributed by atoms with Crippen LogP contribution in [0.3, 0.4) is 0 Å². The van der Waals surface area contributed by atoms with Gasteiger partial charge in [0.05, 0.1) is 5.75 Å². The molecule has 1 aromatic heterocycles. The third kappa shape index (κ3) is 4.11. The monoisotopic (exact) mass is 333 g/mol. The maximum Gasteiger partial charge on any atom is 0.322 e. The molecule has 1 aromatic carbocycles. The van der Waals surface area contributed by atoms with Gasteiger partial charge in [-0.3, -0.25) is 10.1 Å². The van der Waals surface area contributed by atoms with Gasteiger partial charge < -0.3 is 9.15 Å². The Labute approximate surface area is 139 Å². The molecule has 1 unspecified atom stereocenters. The number of hydrogen-bond acceptors (Lipinski definition) is 6. The summed E-state index contributed by atoms with van der Waals surface area (Å²) in [6, 6.07) is 6.32. The number of nitrogens with one attached hydrogen (secondary N) is 1. The zero-order chi connectivity index (χ0) is 16.2. The highest BCUT2D eigenvalue weighted by atomic mass is 32.2. The first kappa shape index (κ1) is 16.0. The third-order valence-corrected chi connectivity index (χ3v) is 4.75. The summed E-state index contributed by atoms with van der Waals surface area (Å²) in [7, 11) is 0. The van der Waals surface area contributed by atoms with Gasteiger partial charge >= 0.3 is 6.01 Å². The van der Waals surface area contributed by atoms with E-state index in [0.29, 0.717) is 18.3 Å². The second kappa shape index (κ2) is 7.14. The molecule has 3 rings (SSSR count). The number of anilines is 1. The van der Waals surface area contributed by atoms with Crippen LogP contribution in [0, 0.1) is 13.8 Å². The molecule has 7 heteroatoms. The standard InChI is InChI=1S/C16H19N3O3S/c1-10-5-6-11(2)13(8-10)23-9-14(20)17-16-19-18-15(22-16)12-4-3-7-21-12/h5-6,8,12H,3-4,7,9H2,1-2H3,(H,17,19,20). The Morgan fingerprint density at radius 1 is 1.39 bits per heavy atom. The number of hydrogen-bond donors (Lipinski definition) is 1. The number of ether oxygens (including phenoxy) is 1. The fourth-order valence-electron chi connectivity index (χ4n) is 2.35. The van der Waals surface area contributed by atoms with Crippen LogP contribution in [-0.4, -0.2) is 28.5 Å². The second-order valence-corrected chi connectivity index (χ2v) is 6.57. The van der Waals surface area contributed by atoms with E-state index in [9.17, 15) is 4.79 Å². The lowest BCUT2D eigenvalue weighted by molar-refractivity contribution is -0.113. The predicted octanol–water partition coefficient (Wildman–Crippen LogP) is 3.27. The number of benzene rings is 1. The van der Waals surface area contributed by atoms with E-state index in [4.69, 9.17) is 9.15 Å². The molecule has 2 aromatic rings. The summed E-state index contributed by atoms with van der Waals surface area (Å²) in [6.45, 7) is 4.78. The van der Waals surface area contributed by atoms with Crippen LogP contribution in [0.25, 0.3) is 0 Å². The number of nitrogens with zero attached hydrogens (tertiary/aromatic N) is 2. The number of rotatable bonds is 5. The lowest BCUT2D eigenvalue weighted by Crippen LogP contribution is -2.14. The Morgan fingerprint density at radius 2 is 2.26 bits per heavy atom. The van der Waals surface area contributed by atoms with Crippen LogP contribution in [-0.2, 0) is 9.53 Å². The van der Waals surface area contributed by atoms with Gasteiger partial charge in [-0.15, -0.1) is 16.9 Å². The highest BCUT2D eigenvalue weighted by Gasteiger charge is 2.24. The molecule has 0 bridgehead atoms. The fraction of sp³-hybridized carbons (Fsp3) is 0.438. The fourth-order valence-corrected chi connectivity index (χ4v) is 3.27. The number of carbonyl (C=O) groups is 1. The first-order valence-electron chi connectivity index (χ1n) is 7.57. The van der Waals surface area contributed by atoms with E-state index >= 15 is 0 Å². The number of amides is 1. The van der Waals surface area contributed by atoms with Gasteiger partial charge in [-0.2, -0.15) is 0 Å². The summed E-state index contributed by atoms with van der Waals surface area (Å²) in [4.78, 5) is 13.1. The highest BCUT2D eigenvalue weighted by Crippen LogP contribution is 2.28. The molecule has 6 nitrogen and oxygen atoms in total. The van der Waals surface area contributed by atoms with Crippen molar-refractivity contribution in [3.63, 3.8) is 0 Å². The van der Waals surface area contributed by atoms with Gasteiger partial charge in [0.1, 0.15) is 6.10 Å². The van der Waals surface area contributed by atoms with Gasteiger partial charge in [0.25, 0.3) is 0 Å². The first-order valence-corrected chi connectivity index (χ1v) is 8.55. The van der Waals surface area contributed by atoms with E-state index in [1.165, 1.54) is 17.3 Å². The average molecular weight is 333 g/mol. The van der Waals surface area contributed by atoms with Crippen molar-refractivity contribution in [2.24, 2.45) is 0 Å². The van der Waals surface area contributed by atoms with Crippen LogP contribution in [0.5, 0.6) is 0 Å². The summed E-state index contributed by atoms with van der Waals surface area (Å²) in [5.41, 5.74) is 2.34. The zero-order valence-corrected chi connectivity index (χ0v) is 14.0. The molecule has 0 saturated carbocycles. The van der Waals surface area contributed by atoms with Gasteiger partial charge in [-0.05, 0) is 38.3 Å². The number of thioether (sulfide) groups is 1. The largest absolute Gasteiger partial charge is 0.405 e. The van der Waals surface area contributed by atoms with Crippen LogP contribution in [0.4, 0.5) is 6.01 Å². The van der Waals surface area contributed by atoms with Crippen molar-refractivity contribution in [1.82, 2.24) is 10.2 Å². The van der Waals surface area contributed by atoms with E-state index < -0.39 is 0 Å². The molecule has 122 valence electrons. The molecular weight excluding hydrogens is 314 g/mol. The van der Waals surface area contributed by atoms with Gasteiger partial charge in [0, 0.05) is 11.5 Å². The smallest absolute Gasteiger partial charge is 0.322 e. The summed E-state index contributed by atoms with van der Waals surface area (Å²) < 4.78 is 10.9. The van der Waals surface area contributed by atoms with E-state index in [0.717, 1.165) is 23.3 Å². The summed E-state index contributed by atoms with van der Waals surface area (Å²) in [5, 5.41) is 10.4. The van der Waals surface area contributed by atoms with Crippen LogP contribution < -0.4 is 5.32 Å². The summed E-state index contributed by atoms with van der Waals surface area (Å²) in [5.74, 6) is 0.556. The van der Waals surface area contributed by atoms with Crippen LogP contribution >= 0.6 is 11.8 Å². The third-order valence-electron chi connectivity index (χ3n) is 3.59. The van der Waals surface area contributed by atoms with Crippen molar-refractivity contribution in [1.29, 1.82) is 0 Å². The van der Waals surface area contributed by atoms with E-state index in [1.54, 1.807) is 0 Å². The minimum atomic E-state index is -0.168. The van der Waals surface area contributed by atoms with Crippen molar-refractivity contribution in [3.8, 4) is 0 Å². The Hall–Kier alpha value is -1.86. The van der Waals surface area contributed by atoms with Gasteiger partial charge in [0.2, 0.25) is 11.8 Å². The molecule has 23 heavy (non-hydrogen) atoms. The van der Waals surface area contributed by atoms with Crippen molar-refractivity contribution >= 4 is 23.7 Å². The molecule has 1 aliphatic rings. The minimum absolute atomic E-state index is 0.127. The van der Waals surface area contributed by atoms with Gasteiger partial charge in [-0.1, -0.05) is 22.8 Å². The normalized spacial score (nSPS) is 17.4. The summed E-state index contributed by atoms with van der Waals surface area (Å²) >= 11 is 1.49. The first-order chi connectivity index (χ1) is 11.1. The SMILES string of the molecule is Cc1ccc(C)c(SCC(=O)Nc2nnc(C3CCCO3)o2)c1. The lowest BCUT2D eigenvalue weighted by Gasteiger charge is -2.06. The number of aryl methyl sites for hydroxylation is 2. The van der Waals surface area contributed by atoms with Crippen molar-refractivity contribution in [2.75, 3.05) is 17.7 Å². The highest BCUT2D eigenvalue weighted by molar-refractivity contribution is 8.00. The van der Waals surface area contributed by atoms with Crippen LogP contribution in [0.1, 0.15) is 36.0 Å². The number of carbonyl (C=O) groups excluding carboxylic acids is 1. The molecule has 0 aliphatic carbocycles. The molecule has 1 saturated heterocycles. The Balaban J connectivity index is 1.54. The lowest BCUT2D eigenvalue weighted by atomic mass is 10.2. The molecule has 1 amide bonds. The van der Waals surface area contributed by atoms with Crippen LogP contribution in [0.2, 0.25) is 0 Å². The Bertz CT molecular complexity index is 696. The van der Waals surface area contributed by atoms with Crippen molar-refractivity contribution < 1.29 is 13.9 Å². The van der Waals surface area contributed by atoms with Gasteiger partial charge in [0.15, 0.2) is 0 Å². The minimum Gasteiger partial charge on any atom is -0.405 e. The maximum atomic E-state index is 12.0. The molecular formula is C16H19N3O3S. The van der Waals surface area contributed by atoms with E-state index in [1.807, 2.05) is 13.8 Å². The topological polar surface area (TPSA) is 77.2 Å². The van der Waals surface area contributed by atoms with Crippen molar-refractivity contribution in [2.45, 2.75) is 37.7 Å². The maximum absolute atomic E-state index is 12.0. The second-order valence-electron chi connectivity index (χ2n) is 5.55. The quantitative estimate of drug-likeness (QED) is 0.846. The number of aromatic nitrogens is 2. The molecule has 0 spiro atoms. The molecule has 1 aliphatic heterocycles. The Kier molecular flexibility index (Phi) is 4.97. The van der Waals surface area contributed by atoms with E-state index in [2.05, 4.69) is 33.7 Å². The predicted molar refractivity (Wildman–Crippen MR) is 87.5 cm³/mol. The average Bonchev–Trinajstić information content (AvgIpc) is 3.19. The molecule has 1 fully saturated rings. The van der Waals surface area contributed by atoms with E-state index in [-0.39, 0.29) is 18.0 Å². The Morgan fingerprint density at radius 3 is 3.04 bits per heavy atom. The molecule has 1 N–H and O–H groups in total. The summed E-state index contributed by atoms with van der Waals surface area (Å²) in [6.07, 6.45) is 1.72. The zero-order valence-electron chi connectivity index (χ0n) is 13.2. The molecule has 0 radical (unpaired) electrons. The molecule has 1 atom stereocenters. The molecule has 2 heterocycles. The van der Waals surface area contributed by atoms with Gasteiger partial charge in [-0.25, -0.2) is 0 Å². The van der Waals surface area contributed by atoms with Crippen LogP contribution in [0.15, 0.2) is 27.5 Å².